The lowest BCUT2D eigenvalue weighted by Crippen LogP contribution is -2.12. The van der Waals surface area contributed by atoms with Crippen molar-refractivity contribution in [1.82, 2.24) is 9.55 Å². The van der Waals surface area contributed by atoms with Crippen molar-refractivity contribution in [2.75, 3.05) is 0 Å². The summed E-state index contributed by atoms with van der Waals surface area (Å²) < 4.78 is 40.8. The molecule has 2 aromatic carbocycles. The van der Waals surface area contributed by atoms with Gasteiger partial charge in [-0.15, -0.1) is 0 Å². The van der Waals surface area contributed by atoms with E-state index in [-0.39, 0.29) is 5.56 Å². The van der Waals surface area contributed by atoms with Crippen molar-refractivity contribution < 1.29 is 18.0 Å². The van der Waals surface area contributed by atoms with Gasteiger partial charge in [0.05, 0.1) is 17.6 Å². The number of benzene rings is 2. The number of nitrogens with zero attached hydrogens (tertiary/aromatic N) is 2. The van der Waals surface area contributed by atoms with E-state index >= 15 is 0 Å². The highest BCUT2D eigenvalue weighted by molar-refractivity contribution is 6.11. The van der Waals surface area contributed by atoms with Crippen LogP contribution in [-0.4, -0.2) is 15.3 Å². The minimum absolute atomic E-state index is 0.0166. The maximum Gasteiger partial charge on any atom is 0.416 e. The van der Waals surface area contributed by atoms with Gasteiger partial charge in [-0.25, -0.2) is 4.98 Å². The summed E-state index contributed by atoms with van der Waals surface area (Å²) in [6.45, 7) is 1.77. The third-order valence-electron chi connectivity index (χ3n) is 3.69. The van der Waals surface area contributed by atoms with Crippen LogP contribution in [0.25, 0.3) is 5.69 Å². The molecular weight excluding hydrogens is 317 g/mol. The van der Waals surface area contributed by atoms with Crippen molar-refractivity contribution >= 4 is 5.78 Å². The largest absolute Gasteiger partial charge is 0.416 e. The predicted molar refractivity (Wildman–Crippen MR) is 83.2 cm³/mol. The third kappa shape index (κ3) is 2.95. The Bertz CT molecular complexity index is 883. The van der Waals surface area contributed by atoms with Gasteiger partial charge in [-0.2, -0.15) is 13.2 Å². The number of ketones is 1. The summed E-state index contributed by atoms with van der Waals surface area (Å²) in [6.07, 6.45) is -1.47. The van der Waals surface area contributed by atoms with Gasteiger partial charge in [-0.1, -0.05) is 30.3 Å². The zero-order valence-corrected chi connectivity index (χ0v) is 12.7. The van der Waals surface area contributed by atoms with Gasteiger partial charge >= 0.3 is 6.18 Å². The van der Waals surface area contributed by atoms with Crippen LogP contribution in [0.4, 0.5) is 13.2 Å². The van der Waals surface area contributed by atoms with E-state index in [0.29, 0.717) is 11.3 Å². The lowest BCUT2D eigenvalue weighted by molar-refractivity contribution is -0.137. The van der Waals surface area contributed by atoms with Crippen molar-refractivity contribution in [2.45, 2.75) is 13.1 Å². The second kappa shape index (κ2) is 5.96. The van der Waals surface area contributed by atoms with Crippen molar-refractivity contribution in [2.24, 2.45) is 0 Å². The summed E-state index contributed by atoms with van der Waals surface area (Å²) in [6, 6.07) is 11.4. The van der Waals surface area contributed by atoms with Crippen LogP contribution in [0.1, 0.15) is 27.2 Å². The minimum atomic E-state index is -4.52. The molecule has 0 spiro atoms. The van der Waals surface area contributed by atoms with Gasteiger partial charge in [0.15, 0.2) is 5.78 Å². The van der Waals surface area contributed by atoms with Crippen LogP contribution in [0.3, 0.4) is 0 Å². The Morgan fingerprint density at radius 1 is 1.08 bits per heavy atom. The number of halogens is 3. The molecule has 0 bridgehead atoms. The number of hydrogen-bond donors (Lipinski definition) is 0. The number of rotatable bonds is 3. The molecule has 1 aromatic heterocycles. The molecule has 6 heteroatoms. The lowest BCUT2D eigenvalue weighted by atomic mass is 9.99. The molecule has 0 aliphatic heterocycles. The number of alkyl halides is 3. The molecule has 0 atom stereocenters. The molecule has 0 amide bonds. The van der Waals surface area contributed by atoms with E-state index in [1.807, 2.05) is 0 Å². The average molecular weight is 330 g/mol. The number of aromatic nitrogens is 2. The van der Waals surface area contributed by atoms with Crippen LogP contribution in [0, 0.1) is 6.92 Å². The van der Waals surface area contributed by atoms with Crippen LogP contribution in [-0.2, 0) is 6.18 Å². The van der Waals surface area contributed by atoms with Gasteiger partial charge in [-0.05, 0) is 25.1 Å². The van der Waals surface area contributed by atoms with Crippen LogP contribution in [0.15, 0.2) is 61.1 Å². The Labute approximate surface area is 136 Å². The standard InChI is InChI=1S/C18H13F3N2O/c1-12-10-22-11-23(12)16-8-7-14(18(19,20)21)9-15(16)17(24)13-5-3-2-4-6-13/h2-11H,1H3. The summed E-state index contributed by atoms with van der Waals surface area (Å²) in [5.41, 5.74) is 0.542. The topological polar surface area (TPSA) is 34.9 Å². The van der Waals surface area contributed by atoms with Crippen LogP contribution in [0.2, 0.25) is 0 Å². The lowest BCUT2D eigenvalue weighted by Gasteiger charge is -2.14. The fraction of sp³-hybridized carbons (Fsp3) is 0.111. The normalized spacial score (nSPS) is 11.5. The molecule has 3 aromatic rings. The molecule has 0 aliphatic rings. The fourth-order valence-electron chi connectivity index (χ4n) is 2.46. The van der Waals surface area contributed by atoms with Crippen molar-refractivity contribution in [3.63, 3.8) is 0 Å². The zero-order chi connectivity index (χ0) is 17.3. The first-order chi connectivity index (χ1) is 11.4. The van der Waals surface area contributed by atoms with Gasteiger partial charge in [0.25, 0.3) is 0 Å². The van der Waals surface area contributed by atoms with Gasteiger partial charge < -0.3 is 4.57 Å². The van der Waals surface area contributed by atoms with Crippen molar-refractivity contribution in [3.8, 4) is 5.69 Å². The summed E-state index contributed by atoms with van der Waals surface area (Å²) in [4.78, 5) is 16.7. The molecule has 0 aliphatic carbocycles. The van der Waals surface area contributed by atoms with E-state index in [2.05, 4.69) is 4.98 Å². The van der Waals surface area contributed by atoms with Crippen LogP contribution in [0.5, 0.6) is 0 Å². The fourth-order valence-corrected chi connectivity index (χ4v) is 2.46. The van der Waals surface area contributed by atoms with E-state index < -0.39 is 17.5 Å². The first-order valence-electron chi connectivity index (χ1n) is 7.18. The molecule has 122 valence electrons. The summed E-state index contributed by atoms with van der Waals surface area (Å²) in [5.74, 6) is -0.468. The van der Waals surface area contributed by atoms with Crippen LogP contribution >= 0.6 is 0 Å². The van der Waals surface area contributed by atoms with Gasteiger partial charge in [0.2, 0.25) is 0 Å². The Balaban J connectivity index is 2.20. The maximum absolute atomic E-state index is 13.1. The molecule has 3 nitrogen and oxygen atoms in total. The van der Waals surface area contributed by atoms with Crippen molar-refractivity contribution in [3.05, 3.63) is 83.4 Å². The van der Waals surface area contributed by atoms with Gasteiger partial charge in [0, 0.05) is 23.0 Å². The highest BCUT2D eigenvalue weighted by atomic mass is 19.4. The SMILES string of the molecule is Cc1cncn1-c1ccc(C(F)(F)F)cc1C(=O)c1ccccc1. The molecule has 3 rings (SSSR count). The summed E-state index contributed by atoms with van der Waals surface area (Å²) >= 11 is 0. The Morgan fingerprint density at radius 2 is 1.79 bits per heavy atom. The summed E-state index contributed by atoms with van der Waals surface area (Å²) in [5, 5.41) is 0. The second-order valence-corrected chi connectivity index (χ2v) is 5.33. The number of hydrogen-bond acceptors (Lipinski definition) is 2. The number of carbonyl (C=O) groups is 1. The van der Waals surface area contributed by atoms with Crippen molar-refractivity contribution in [1.29, 1.82) is 0 Å². The van der Waals surface area contributed by atoms with E-state index in [9.17, 15) is 18.0 Å². The Morgan fingerprint density at radius 3 is 2.38 bits per heavy atom. The Hall–Kier alpha value is -2.89. The molecule has 0 saturated carbocycles. The predicted octanol–water partition coefficient (Wildman–Crippen LogP) is 4.43. The van der Waals surface area contributed by atoms with E-state index in [1.54, 1.807) is 48.0 Å². The number of aryl methyl sites for hydroxylation is 1. The molecular formula is C18H13F3N2O. The highest BCUT2D eigenvalue weighted by Gasteiger charge is 2.32. The minimum Gasteiger partial charge on any atom is -0.303 e. The Kier molecular flexibility index (Phi) is 3.97. The summed E-state index contributed by atoms with van der Waals surface area (Å²) in [7, 11) is 0. The molecule has 1 heterocycles. The van der Waals surface area contributed by atoms with Crippen LogP contribution < -0.4 is 0 Å². The highest BCUT2D eigenvalue weighted by Crippen LogP contribution is 2.32. The average Bonchev–Trinajstić information content (AvgIpc) is 2.99. The molecule has 0 saturated heterocycles. The van der Waals surface area contributed by atoms with Gasteiger partial charge in [0.1, 0.15) is 0 Å². The molecule has 0 N–H and O–H groups in total. The first kappa shape index (κ1) is 16.0. The maximum atomic E-state index is 13.1. The number of imidazole rings is 1. The molecule has 0 unspecified atom stereocenters. The van der Waals surface area contributed by atoms with E-state index in [0.717, 1.165) is 17.8 Å². The monoisotopic (exact) mass is 330 g/mol. The zero-order valence-electron chi connectivity index (χ0n) is 12.7. The smallest absolute Gasteiger partial charge is 0.303 e. The third-order valence-corrected chi connectivity index (χ3v) is 3.69. The quantitative estimate of drug-likeness (QED) is 0.666. The molecule has 24 heavy (non-hydrogen) atoms. The molecule has 0 fully saturated rings. The first-order valence-corrected chi connectivity index (χ1v) is 7.18. The van der Waals surface area contributed by atoms with Gasteiger partial charge in [-0.3, -0.25) is 4.79 Å². The van der Waals surface area contributed by atoms with E-state index in [1.165, 1.54) is 12.4 Å². The second-order valence-electron chi connectivity index (χ2n) is 5.33. The number of carbonyl (C=O) groups excluding carboxylic acids is 1. The van der Waals surface area contributed by atoms with E-state index in [4.69, 9.17) is 0 Å². The molecule has 0 radical (unpaired) electrons.